The second kappa shape index (κ2) is 7.75. The van der Waals surface area contributed by atoms with Crippen molar-refractivity contribution in [2.75, 3.05) is 0 Å². The number of sulfonamides is 1. The standard InChI is InChI=1S/C19H18ClN3O4S/c1-2-3-16-17(19(24)25)22-23(18(16)12-4-6-13(20)7-5-12)14-8-10-15(11-9-14)28(21,26)27/h4-11H,2-3H2,1H3,(H,24,25)(H2,21,26,27). The predicted molar refractivity (Wildman–Crippen MR) is 106 cm³/mol. The normalized spacial score (nSPS) is 11.5. The molecule has 0 spiro atoms. The summed E-state index contributed by atoms with van der Waals surface area (Å²) in [4.78, 5) is 11.7. The highest BCUT2D eigenvalue weighted by molar-refractivity contribution is 7.89. The van der Waals surface area contributed by atoms with E-state index in [1.807, 2.05) is 6.92 Å². The maximum atomic E-state index is 11.8. The summed E-state index contributed by atoms with van der Waals surface area (Å²) in [6.45, 7) is 1.95. The molecule has 0 aliphatic heterocycles. The van der Waals surface area contributed by atoms with Crippen LogP contribution in [0.3, 0.4) is 0 Å². The molecule has 0 bridgehead atoms. The van der Waals surface area contributed by atoms with Crippen LogP contribution in [0.1, 0.15) is 29.4 Å². The fourth-order valence-corrected chi connectivity index (χ4v) is 3.62. The molecule has 7 nitrogen and oxygen atoms in total. The zero-order chi connectivity index (χ0) is 20.5. The van der Waals surface area contributed by atoms with Crippen molar-refractivity contribution in [3.63, 3.8) is 0 Å². The van der Waals surface area contributed by atoms with Gasteiger partial charge in [-0.25, -0.2) is 23.0 Å². The second-order valence-corrected chi connectivity index (χ2v) is 8.19. The van der Waals surface area contributed by atoms with Gasteiger partial charge in [0.1, 0.15) is 0 Å². The summed E-state index contributed by atoms with van der Waals surface area (Å²) in [5, 5.41) is 19.6. The molecule has 0 amide bonds. The first-order valence-electron chi connectivity index (χ1n) is 8.46. The van der Waals surface area contributed by atoms with Gasteiger partial charge in [-0.3, -0.25) is 0 Å². The summed E-state index contributed by atoms with van der Waals surface area (Å²) in [6, 6.07) is 12.8. The maximum Gasteiger partial charge on any atom is 0.356 e. The molecule has 0 saturated carbocycles. The highest BCUT2D eigenvalue weighted by Crippen LogP contribution is 2.31. The van der Waals surface area contributed by atoms with Crippen molar-refractivity contribution < 1.29 is 18.3 Å². The molecule has 3 aromatic rings. The van der Waals surface area contributed by atoms with Crippen LogP contribution in [0.5, 0.6) is 0 Å². The number of carboxylic acids is 1. The molecule has 0 fully saturated rings. The Morgan fingerprint density at radius 3 is 2.25 bits per heavy atom. The minimum atomic E-state index is -3.83. The number of nitrogens with zero attached hydrogens (tertiary/aromatic N) is 2. The third-order valence-electron chi connectivity index (χ3n) is 4.21. The summed E-state index contributed by atoms with van der Waals surface area (Å²) >= 11 is 5.99. The molecular weight excluding hydrogens is 402 g/mol. The lowest BCUT2D eigenvalue weighted by molar-refractivity contribution is 0.0688. The Morgan fingerprint density at radius 1 is 1.14 bits per heavy atom. The maximum absolute atomic E-state index is 11.8. The van der Waals surface area contributed by atoms with Crippen molar-refractivity contribution in [1.29, 1.82) is 0 Å². The van der Waals surface area contributed by atoms with E-state index in [9.17, 15) is 18.3 Å². The highest BCUT2D eigenvalue weighted by Gasteiger charge is 2.24. The van der Waals surface area contributed by atoms with Crippen LogP contribution in [0.25, 0.3) is 16.9 Å². The van der Waals surface area contributed by atoms with E-state index in [2.05, 4.69) is 5.10 Å². The van der Waals surface area contributed by atoms with Gasteiger partial charge in [-0.1, -0.05) is 37.1 Å². The minimum absolute atomic E-state index is 0.0383. The molecule has 0 radical (unpaired) electrons. The van der Waals surface area contributed by atoms with Crippen molar-refractivity contribution in [2.45, 2.75) is 24.7 Å². The van der Waals surface area contributed by atoms with Gasteiger partial charge in [0, 0.05) is 16.1 Å². The van der Waals surface area contributed by atoms with Gasteiger partial charge in [-0.2, -0.15) is 5.10 Å². The Morgan fingerprint density at radius 2 is 1.75 bits per heavy atom. The highest BCUT2D eigenvalue weighted by atomic mass is 35.5. The zero-order valence-electron chi connectivity index (χ0n) is 15.0. The molecule has 0 aliphatic carbocycles. The average Bonchev–Trinajstić information content (AvgIpc) is 3.02. The Labute approximate surface area is 167 Å². The number of aromatic nitrogens is 2. The molecule has 0 saturated heterocycles. The quantitative estimate of drug-likeness (QED) is 0.634. The van der Waals surface area contributed by atoms with Gasteiger partial charge in [0.15, 0.2) is 5.69 Å². The van der Waals surface area contributed by atoms with Crippen LogP contribution in [0.2, 0.25) is 5.02 Å². The van der Waals surface area contributed by atoms with Crippen molar-refractivity contribution in [3.05, 3.63) is 64.8 Å². The predicted octanol–water partition coefficient (Wildman–Crippen LogP) is 3.49. The summed E-state index contributed by atoms with van der Waals surface area (Å²) in [5.41, 5.74) is 2.46. The third-order valence-corrected chi connectivity index (χ3v) is 5.39. The van der Waals surface area contributed by atoms with Gasteiger partial charge in [-0.05, 0) is 42.8 Å². The van der Waals surface area contributed by atoms with Gasteiger partial charge in [0.05, 0.1) is 16.3 Å². The van der Waals surface area contributed by atoms with Crippen LogP contribution in [-0.2, 0) is 16.4 Å². The fraction of sp³-hybridized carbons (Fsp3) is 0.158. The molecule has 146 valence electrons. The van der Waals surface area contributed by atoms with Crippen LogP contribution >= 0.6 is 11.6 Å². The van der Waals surface area contributed by atoms with E-state index in [1.165, 1.54) is 28.9 Å². The molecule has 0 atom stereocenters. The molecule has 0 aliphatic rings. The number of halogens is 1. The number of carboxylic acid groups (broad SMARTS) is 1. The van der Waals surface area contributed by atoms with Crippen molar-refractivity contribution >= 4 is 27.6 Å². The molecule has 2 aromatic carbocycles. The molecular formula is C19H18ClN3O4S. The molecule has 9 heteroatoms. The van der Waals surface area contributed by atoms with E-state index >= 15 is 0 Å². The zero-order valence-corrected chi connectivity index (χ0v) is 16.5. The van der Waals surface area contributed by atoms with Gasteiger partial charge < -0.3 is 5.11 Å². The summed E-state index contributed by atoms with van der Waals surface area (Å²) in [7, 11) is -3.83. The Hall–Kier alpha value is -2.68. The number of benzene rings is 2. The van der Waals surface area contributed by atoms with E-state index in [4.69, 9.17) is 16.7 Å². The SMILES string of the molecule is CCCc1c(C(=O)O)nn(-c2ccc(S(N)(=O)=O)cc2)c1-c1ccc(Cl)cc1. The topological polar surface area (TPSA) is 115 Å². The third kappa shape index (κ3) is 3.94. The molecule has 3 rings (SSSR count). The van der Waals surface area contributed by atoms with Crippen LogP contribution < -0.4 is 5.14 Å². The molecule has 1 heterocycles. The van der Waals surface area contributed by atoms with Crippen molar-refractivity contribution in [3.8, 4) is 16.9 Å². The lowest BCUT2D eigenvalue weighted by atomic mass is 10.0. The fourth-order valence-electron chi connectivity index (χ4n) is 2.98. The first-order chi connectivity index (χ1) is 13.2. The largest absolute Gasteiger partial charge is 0.476 e. The van der Waals surface area contributed by atoms with Crippen LogP contribution in [0.15, 0.2) is 53.4 Å². The van der Waals surface area contributed by atoms with Crippen molar-refractivity contribution in [1.82, 2.24) is 9.78 Å². The van der Waals surface area contributed by atoms with Crippen LogP contribution in [0, 0.1) is 0 Å². The van der Waals surface area contributed by atoms with Gasteiger partial charge in [-0.15, -0.1) is 0 Å². The van der Waals surface area contributed by atoms with Gasteiger partial charge >= 0.3 is 5.97 Å². The van der Waals surface area contributed by atoms with E-state index in [0.29, 0.717) is 28.4 Å². The number of nitrogens with two attached hydrogens (primary N) is 1. The number of aromatic carboxylic acids is 1. The summed E-state index contributed by atoms with van der Waals surface area (Å²) < 4.78 is 24.5. The van der Waals surface area contributed by atoms with Gasteiger partial charge in [0.25, 0.3) is 0 Å². The minimum Gasteiger partial charge on any atom is -0.476 e. The number of primary sulfonamides is 1. The van der Waals surface area contributed by atoms with E-state index in [-0.39, 0.29) is 10.6 Å². The van der Waals surface area contributed by atoms with E-state index < -0.39 is 16.0 Å². The Bertz CT molecular complexity index is 1120. The number of hydrogen-bond donors (Lipinski definition) is 2. The first kappa shape index (κ1) is 20.1. The lowest BCUT2D eigenvalue weighted by Crippen LogP contribution is -2.12. The van der Waals surface area contributed by atoms with E-state index in [1.54, 1.807) is 24.3 Å². The monoisotopic (exact) mass is 419 g/mol. The molecule has 0 unspecified atom stereocenters. The first-order valence-corrected chi connectivity index (χ1v) is 10.4. The Kier molecular flexibility index (Phi) is 5.55. The Balaban J connectivity index is 2.26. The smallest absolute Gasteiger partial charge is 0.356 e. The average molecular weight is 420 g/mol. The van der Waals surface area contributed by atoms with Crippen LogP contribution in [-0.4, -0.2) is 29.3 Å². The van der Waals surface area contributed by atoms with E-state index in [0.717, 1.165) is 12.0 Å². The van der Waals surface area contributed by atoms with Crippen molar-refractivity contribution in [2.24, 2.45) is 5.14 Å². The van der Waals surface area contributed by atoms with Crippen LogP contribution in [0.4, 0.5) is 0 Å². The number of hydrogen-bond acceptors (Lipinski definition) is 4. The molecule has 28 heavy (non-hydrogen) atoms. The summed E-state index contributed by atoms with van der Waals surface area (Å²) in [6.07, 6.45) is 1.26. The lowest BCUT2D eigenvalue weighted by Gasteiger charge is -2.11. The van der Waals surface area contributed by atoms with Gasteiger partial charge in [0.2, 0.25) is 10.0 Å². The second-order valence-electron chi connectivity index (χ2n) is 6.19. The summed E-state index contributed by atoms with van der Waals surface area (Å²) in [5.74, 6) is -1.13. The number of carbonyl (C=O) groups is 1. The molecule has 1 aromatic heterocycles. The number of rotatable bonds is 6. The molecule has 3 N–H and O–H groups in total.